The minimum absolute atomic E-state index is 0.200. The second kappa shape index (κ2) is 11.6. The lowest BCUT2D eigenvalue weighted by Crippen LogP contribution is -2.62. The smallest absolute Gasteiger partial charge is 0.393 e. The second-order valence-electron chi connectivity index (χ2n) is 14.7. The van der Waals surface area contributed by atoms with Crippen LogP contribution in [-0.2, 0) is 18.1 Å². The van der Waals surface area contributed by atoms with Crippen LogP contribution in [0.15, 0.2) is 24.5 Å². The van der Waals surface area contributed by atoms with E-state index in [2.05, 4.69) is 32.7 Å². The molecule has 0 bridgehead atoms. The maximum absolute atomic E-state index is 13.3. The normalized spacial score (nSPS) is 48.6. The molecule has 0 aromatic carbocycles. The molecule has 0 amide bonds. The standard InChI is InChI=1S/C33H52NO6P/c1-5-24-28-20-23(35)8-14-33(28,4)27-9-15-32(3)25(6-7-26(32)30(27)31(24)36)21(2)12-18-38-41(37)39-19-13-29(40-41)22-10-16-34-17-11-22/h10-11,16-17,21,23-31,35-36H,5-9,12-15,18-20H2,1-4H3/t21-,23-,24-,25-,26?,27?,28?,29?,30?,31-,32-,33-,41+/m1/s1. The summed E-state index contributed by atoms with van der Waals surface area (Å²) in [5.41, 5.74) is 1.37. The highest BCUT2D eigenvalue weighted by atomic mass is 31.2. The van der Waals surface area contributed by atoms with Gasteiger partial charge in [0.2, 0.25) is 0 Å². The Morgan fingerprint density at radius 1 is 1.05 bits per heavy atom. The number of hydrogen-bond acceptors (Lipinski definition) is 7. The Labute approximate surface area is 246 Å². The van der Waals surface area contributed by atoms with E-state index in [0.717, 1.165) is 37.7 Å². The van der Waals surface area contributed by atoms with Crippen LogP contribution in [0.1, 0.15) is 104 Å². The van der Waals surface area contributed by atoms with Crippen molar-refractivity contribution in [2.24, 2.45) is 52.3 Å². The Kier molecular flexibility index (Phi) is 8.55. The zero-order valence-corrected chi connectivity index (χ0v) is 26.4. The van der Waals surface area contributed by atoms with E-state index in [1.807, 2.05) is 12.1 Å². The first-order valence-electron chi connectivity index (χ1n) is 16.4. The fourth-order valence-corrected chi connectivity index (χ4v) is 12.3. The van der Waals surface area contributed by atoms with Crippen molar-refractivity contribution < 1.29 is 28.3 Å². The van der Waals surface area contributed by atoms with E-state index in [-0.39, 0.29) is 35.1 Å². The lowest BCUT2D eigenvalue weighted by atomic mass is 9.41. The molecule has 4 aliphatic carbocycles. The molecule has 5 fully saturated rings. The molecule has 1 aliphatic heterocycles. The molecule has 230 valence electrons. The molecule has 1 aromatic rings. The summed E-state index contributed by atoms with van der Waals surface area (Å²) >= 11 is 0. The highest BCUT2D eigenvalue weighted by Gasteiger charge is 2.64. The van der Waals surface area contributed by atoms with Crippen molar-refractivity contribution >= 4 is 7.82 Å². The fraction of sp³-hybridized carbons (Fsp3) is 0.848. The monoisotopic (exact) mass is 589 g/mol. The number of aliphatic hydroxyl groups excluding tert-OH is 2. The first-order chi connectivity index (χ1) is 19.6. The molecule has 4 saturated carbocycles. The molecule has 0 radical (unpaired) electrons. The molecule has 2 N–H and O–H groups in total. The van der Waals surface area contributed by atoms with Crippen molar-refractivity contribution in [2.75, 3.05) is 13.2 Å². The molecular weight excluding hydrogens is 537 g/mol. The summed E-state index contributed by atoms with van der Waals surface area (Å²) in [6.45, 7) is 10.3. The molecule has 2 heterocycles. The number of phosphoric acid groups is 1. The van der Waals surface area contributed by atoms with E-state index in [4.69, 9.17) is 13.6 Å². The van der Waals surface area contributed by atoms with E-state index in [1.165, 1.54) is 25.7 Å². The fourth-order valence-electron chi connectivity index (χ4n) is 10.9. The summed E-state index contributed by atoms with van der Waals surface area (Å²) in [5, 5.41) is 22.5. The Hall–Kier alpha value is -0.820. The quantitative estimate of drug-likeness (QED) is 0.321. The van der Waals surface area contributed by atoms with Crippen molar-refractivity contribution in [3.05, 3.63) is 30.1 Å². The van der Waals surface area contributed by atoms with Gasteiger partial charge in [0, 0.05) is 18.8 Å². The zero-order chi connectivity index (χ0) is 29.0. The van der Waals surface area contributed by atoms with Crippen LogP contribution in [0, 0.1) is 52.3 Å². The average Bonchev–Trinajstić information content (AvgIpc) is 3.32. The van der Waals surface area contributed by atoms with Gasteiger partial charge in [-0.2, -0.15) is 0 Å². The van der Waals surface area contributed by atoms with E-state index in [1.54, 1.807) is 12.4 Å². The lowest BCUT2D eigenvalue weighted by molar-refractivity contribution is -0.203. The van der Waals surface area contributed by atoms with E-state index in [9.17, 15) is 14.8 Å². The van der Waals surface area contributed by atoms with Gasteiger partial charge in [-0.3, -0.25) is 18.6 Å². The van der Waals surface area contributed by atoms with Crippen LogP contribution in [0.2, 0.25) is 0 Å². The Bertz CT molecular complexity index is 1100. The number of fused-ring (bicyclic) bond motifs is 5. The summed E-state index contributed by atoms with van der Waals surface area (Å²) in [4.78, 5) is 4.07. The predicted octanol–water partition coefficient (Wildman–Crippen LogP) is 7.34. The van der Waals surface area contributed by atoms with Gasteiger partial charge in [0.25, 0.3) is 0 Å². The Balaban J connectivity index is 1.11. The van der Waals surface area contributed by atoms with E-state index in [0.29, 0.717) is 55.1 Å². The SMILES string of the molecule is CC[C@@H]1C2C[C@H](O)CC[C@]2(C)C2CC[C@@]3(C)C(CC[C@@H]3[C@H](C)CCO[P@@]3(=O)OCCC(c4ccncc4)O3)C2[C@@H]1O. The maximum atomic E-state index is 13.3. The summed E-state index contributed by atoms with van der Waals surface area (Å²) < 4.78 is 30.6. The third kappa shape index (κ3) is 5.29. The molecule has 5 unspecified atom stereocenters. The number of aliphatic hydroxyl groups is 2. The first-order valence-corrected chi connectivity index (χ1v) is 17.9. The van der Waals surface area contributed by atoms with E-state index >= 15 is 0 Å². The van der Waals surface area contributed by atoms with Gasteiger partial charge in [-0.05, 0) is 121 Å². The van der Waals surface area contributed by atoms with Gasteiger partial charge in [0.1, 0.15) is 0 Å². The molecule has 1 saturated heterocycles. The molecule has 13 atom stereocenters. The van der Waals surface area contributed by atoms with Gasteiger partial charge in [0.05, 0.1) is 31.5 Å². The van der Waals surface area contributed by atoms with Gasteiger partial charge < -0.3 is 10.2 Å². The molecule has 1 aromatic heterocycles. The number of nitrogens with zero attached hydrogens (tertiary/aromatic N) is 1. The van der Waals surface area contributed by atoms with Crippen LogP contribution in [0.5, 0.6) is 0 Å². The van der Waals surface area contributed by atoms with Crippen molar-refractivity contribution in [2.45, 2.75) is 110 Å². The zero-order valence-electron chi connectivity index (χ0n) is 25.5. The van der Waals surface area contributed by atoms with Crippen molar-refractivity contribution in [1.82, 2.24) is 4.98 Å². The minimum atomic E-state index is -3.60. The number of hydrogen-bond donors (Lipinski definition) is 2. The molecular formula is C33H52NO6P. The molecule has 8 heteroatoms. The van der Waals surface area contributed by atoms with Crippen LogP contribution >= 0.6 is 7.82 Å². The summed E-state index contributed by atoms with van der Waals surface area (Å²) in [6.07, 6.45) is 12.7. The average molecular weight is 590 g/mol. The van der Waals surface area contributed by atoms with Gasteiger partial charge in [0.15, 0.2) is 0 Å². The molecule has 7 nitrogen and oxygen atoms in total. The molecule has 6 rings (SSSR count). The molecule has 0 spiro atoms. The number of phosphoric ester groups is 1. The third-order valence-corrected chi connectivity index (χ3v) is 14.4. The summed E-state index contributed by atoms with van der Waals surface area (Å²) in [6, 6.07) is 3.77. The van der Waals surface area contributed by atoms with Crippen LogP contribution in [0.3, 0.4) is 0 Å². The van der Waals surface area contributed by atoms with Gasteiger partial charge in [-0.15, -0.1) is 0 Å². The minimum Gasteiger partial charge on any atom is -0.393 e. The number of rotatable bonds is 7. The molecule has 41 heavy (non-hydrogen) atoms. The highest BCUT2D eigenvalue weighted by Crippen LogP contribution is 2.69. The largest absolute Gasteiger partial charge is 0.475 e. The summed E-state index contributed by atoms with van der Waals surface area (Å²) in [7, 11) is -3.60. The van der Waals surface area contributed by atoms with Gasteiger partial charge >= 0.3 is 7.82 Å². The first kappa shape index (κ1) is 30.2. The topological polar surface area (TPSA) is 98.1 Å². The second-order valence-corrected chi connectivity index (χ2v) is 16.3. The number of aromatic nitrogens is 1. The van der Waals surface area contributed by atoms with Crippen molar-refractivity contribution in [3.63, 3.8) is 0 Å². The van der Waals surface area contributed by atoms with Gasteiger partial charge in [-0.25, -0.2) is 4.57 Å². The summed E-state index contributed by atoms with van der Waals surface area (Å²) in [5.74, 6) is 3.13. The Morgan fingerprint density at radius 3 is 2.54 bits per heavy atom. The lowest BCUT2D eigenvalue weighted by Gasteiger charge is -2.64. The van der Waals surface area contributed by atoms with E-state index < -0.39 is 7.82 Å². The third-order valence-electron chi connectivity index (χ3n) is 12.9. The number of pyridine rings is 1. The van der Waals surface area contributed by atoms with Crippen LogP contribution in [0.4, 0.5) is 0 Å². The van der Waals surface area contributed by atoms with Crippen molar-refractivity contribution in [3.8, 4) is 0 Å². The Morgan fingerprint density at radius 2 is 1.78 bits per heavy atom. The molecule has 5 aliphatic rings. The maximum Gasteiger partial charge on any atom is 0.475 e. The van der Waals surface area contributed by atoms with Crippen LogP contribution in [0.25, 0.3) is 0 Å². The highest BCUT2D eigenvalue weighted by molar-refractivity contribution is 7.48. The van der Waals surface area contributed by atoms with Crippen LogP contribution in [-0.4, -0.2) is 40.6 Å². The predicted molar refractivity (Wildman–Crippen MR) is 158 cm³/mol. The van der Waals surface area contributed by atoms with Crippen LogP contribution < -0.4 is 0 Å². The van der Waals surface area contributed by atoms with Gasteiger partial charge in [-0.1, -0.05) is 34.1 Å². The van der Waals surface area contributed by atoms with Crippen molar-refractivity contribution in [1.29, 1.82) is 0 Å².